The molecule has 0 bridgehead atoms. The van der Waals surface area contributed by atoms with Crippen LogP contribution in [0, 0.1) is 0 Å². The van der Waals surface area contributed by atoms with Gasteiger partial charge in [-0.3, -0.25) is 4.79 Å². The Kier molecular flexibility index (Phi) is 7.51. The van der Waals surface area contributed by atoms with Gasteiger partial charge in [0.25, 0.3) is 0 Å². The molecule has 1 aromatic rings. The molecule has 1 aromatic carbocycles. The van der Waals surface area contributed by atoms with Crippen LogP contribution in [0.25, 0.3) is 0 Å². The molecule has 10 heteroatoms. The summed E-state index contributed by atoms with van der Waals surface area (Å²) in [6.45, 7) is 3.25. The number of ether oxygens (including phenoxy) is 1. The second-order valence-electron chi connectivity index (χ2n) is 6.00. The molecule has 1 aliphatic rings. The zero-order valence-electron chi connectivity index (χ0n) is 15.8. The van der Waals surface area contributed by atoms with E-state index in [0.717, 1.165) is 9.20 Å². The zero-order chi connectivity index (χ0) is 20.0. The third-order valence-corrected chi connectivity index (χ3v) is 6.85. The average molecular weight is 416 g/mol. The van der Waals surface area contributed by atoms with Crippen molar-refractivity contribution in [1.29, 1.82) is 0 Å². The van der Waals surface area contributed by atoms with Crippen LogP contribution in [0.5, 0.6) is 0 Å². The van der Waals surface area contributed by atoms with Crippen molar-refractivity contribution in [2.45, 2.75) is 16.7 Å². The maximum Gasteiger partial charge on any atom is 0.409 e. The van der Waals surface area contributed by atoms with E-state index in [2.05, 4.69) is 0 Å². The monoisotopic (exact) mass is 415 g/mol. The van der Waals surface area contributed by atoms with Crippen molar-refractivity contribution in [2.24, 2.45) is 0 Å². The van der Waals surface area contributed by atoms with Gasteiger partial charge in [-0.05, 0) is 37.4 Å². The minimum atomic E-state index is -3.74. The molecular weight excluding hydrogens is 390 g/mol. The van der Waals surface area contributed by atoms with Gasteiger partial charge < -0.3 is 14.5 Å². The number of likely N-dealkylation sites (N-methyl/N-ethyl adjacent to an activating group) is 1. The summed E-state index contributed by atoms with van der Waals surface area (Å²) in [6.07, 6.45) is 1.52. The van der Waals surface area contributed by atoms with Gasteiger partial charge in [0, 0.05) is 38.1 Å². The van der Waals surface area contributed by atoms with Crippen molar-refractivity contribution in [2.75, 3.05) is 52.6 Å². The van der Waals surface area contributed by atoms with Gasteiger partial charge in [-0.1, -0.05) is 0 Å². The summed E-state index contributed by atoms with van der Waals surface area (Å²) in [7, 11) is -2.34. The second-order valence-corrected chi connectivity index (χ2v) is 8.93. The molecule has 0 unspecified atom stereocenters. The van der Waals surface area contributed by atoms with E-state index in [1.807, 2.05) is 6.26 Å². The SMILES string of the molecule is CCOC(=O)N1CCN(C(=O)CN(C)S(=O)(=O)c2ccc(SC)cc2)CC1. The molecule has 0 radical (unpaired) electrons. The van der Waals surface area contributed by atoms with E-state index < -0.39 is 16.1 Å². The Morgan fingerprint density at radius 1 is 1.11 bits per heavy atom. The van der Waals surface area contributed by atoms with Gasteiger partial charge in [0.2, 0.25) is 15.9 Å². The van der Waals surface area contributed by atoms with E-state index in [9.17, 15) is 18.0 Å². The van der Waals surface area contributed by atoms with Crippen molar-refractivity contribution in [3.05, 3.63) is 24.3 Å². The zero-order valence-corrected chi connectivity index (χ0v) is 17.4. The van der Waals surface area contributed by atoms with Gasteiger partial charge in [0.1, 0.15) is 0 Å². The standard InChI is InChI=1S/C17H25N3O5S2/c1-4-25-17(22)20-11-9-19(10-12-20)16(21)13-18(2)27(23,24)15-7-5-14(26-3)6-8-15/h5-8H,4,9-13H2,1-3H3. The Labute approximate surface area is 164 Å². The van der Waals surface area contributed by atoms with E-state index in [4.69, 9.17) is 4.74 Å². The molecule has 2 rings (SSSR count). The number of piperazine rings is 1. The van der Waals surface area contributed by atoms with Gasteiger partial charge in [-0.2, -0.15) is 4.31 Å². The molecule has 27 heavy (non-hydrogen) atoms. The lowest BCUT2D eigenvalue weighted by Gasteiger charge is -2.34. The third kappa shape index (κ3) is 5.36. The number of rotatable bonds is 6. The molecule has 1 fully saturated rings. The molecule has 1 saturated heterocycles. The number of hydrogen-bond donors (Lipinski definition) is 0. The first-order valence-corrected chi connectivity index (χ1v) is 11.3. The Bertz CT molecular complexity index is 759. The first-order chi connectivity index (χ1) is 12.8. The molecule has 2 amide bonds. The number of sulfonamides is 1. The number of hydrogen-bond acceptors (Lipinski definition) is 6. The number of carbonyl (C=O) groups is 2. The molecular formula is C17H25N3O5S2. The van der Waals surface area contributed by atoms with Gasteiger partial charge in [-0.25, -0.2) is 13.2 Å². The van der Waals surface area contributed by atoms with Crippen molar-refractivity contribution < 1.29 is 22.7 Å². The Morgan fingerprint density at radius 2 is 1.67 bits per heavy atom. The quantitative estimate of drug-likeness (QED) is 0.652. The van der Waals surface area contributed by atoms with Crippen LogP contribution in [-0.2, 0) is 19.6 Å². The second kappa shape index (κ2) is 9.43. The minimum Gasteiger partial charge on any atom is -0.450 e. The Hall–Kier alpha value is -1.78. The third-order valence-electron chi connectivity index (χ3n) is 4.28. The number of amides is 2. The lowest BCUT2D eigenvalue weighted by molar-refractivity contribution is -0.132. The lowest BCUT2D eigenvalue weighted by atomic mass is 10.3. The van der Waals surface area contributed by atoms with Gasteiger partial charge in [0.05, 0.1) is 18.0 Å². The molecule has 1 aliphatic heterocycles. The smallest absolute Gasteiger partial charge is 0.409 e. The molecule has 0 aromatic heterocycles. The summed E-state index contributed by atoms with van der Waals surface area (Å²) >= 11 is 1.52. The van der Waals surface area contributed by atoms with Crippen molar-refractivity contribution >= 4 is 33.8 Å². The Balaban J connectivity index is 1.94. The summed E-state index contributed by atoms with van der Waals surface area (Å²) in [6, 6.07) is 6.56. The van der Waals surface area contributed by atoms with E-state index in [0.29, 0.717) is 32.8 Å². The molecule has 8 nitrogen and oxygen atoms in total. The highest BCUT2D eigenvalue weighted by Crippen LogP contribution is 2.20. The summed E-state index contributed by atoms with van der Waals surface area (Å²) in [5.41, 5.74) is 0. The van der Waals surface area contributed by atoms with E-state index in [-0.39, 0.29) is 17.3 Å². The van der Waals surface area contributed by atoms with Crippen LogP contribution in [0.1, 0.15) is 6.92 Å². The number of carbonyl (C=O) groups excluding carboxylic acids is 2. The van der Waals surface area contributed by atoms with Gasteiger partial charge in [0.15, 0.2) is 0 Å². The normalized spacial score (nSPS) is 15.1. The highest BCUT2D eigenvalue weighted by molar-refractivity contribution is 7.98. The van der Waals surface area contributed by atoms with E-state index in [1.165, 1.54) is 18.8 Å². The maximum absolute atomic E-state index is 12.6. The van der Waals surface area contributed by atoms with Crippen LogP contribution >= 0.6 is 11.8 Å². The van der Waals surface area contributed by atoms with Crippen molar-refractivity contribution in [3.63, 3.8) is 0 Å². The first-order valence-electron chi connectivity index (χ1n) is 8.59. The summed E-state index contributed by atoms with van der Waals surface area (Å²) in [5, 5.41) is 0. The molecule has 0 aliphatic carbocycles. The topological polar surface area (TPSA) is 87.2 Å². The molecule has 0 N–H and O–H groups in total. The number of nitrogens with zero attached hydrogens (tertiary/aromatic N) is 3. The highest BCUT2D eigenvalue weighted by Gasteiger charge is 2.28. The van der Waals surface area contributed by atoms with Crippen molar-refractivity contribution in [1.82, 2.24) is 14.1 Å². The number of benzene rings is 1. The predicted octanol–water partition coefficient (Wildman–Crippen LogP) is 1.33. The minimum absolute atomic E-state index is 0.155. The molecule has 1 heterocycles. The predicted molar refractivity (Wildman–Crippen MR) is 103 cm³/mol. The largest absolute Gasteiger partial charge is 0.450 e. The van der Waals surface area contributed by atoms with Crippen LogP contribution in [0.3, 0.4) is 0 Å². The van der Waals surface area contributed by atoms with Crippen LogP contribution in [0.4, 0.5) is 4.79 Å². The molecule has 150 valence electrons. The van der Waals surface area contributed by atoms with Crippen LogP contribution in [-0.4, -0.2) is 87.2 Å². The number of thioether (sulfide) groups is 1. The van der Waals surface area contributed by atoms with E-state index >= 15 is 0 Å². The molecule has 0 saturated carbocycles. The first kappa shape index (κ1) is 21.5. The summed E-state index contributed by atoms with van der Waals surface area (Å²) in [5.74, 6) is -0.287. The molecule has 0 spiro atoms. The fourth-order valence-electron chi connectivity index (χ4n) is 2.66. The fourth-order valence-corrected chi connectivity index (χ4v) is 4.18. The fraction of sp³-hybridized carbons (Fsp3) is 0.529. The highest BCUT2D eigenvalue weighted by atomic mass is 32.2. The van der Waals surface area contributed by atoms with Gasteiger partial charge >= 0.3 is 6.09 Å². The van der Waals surface area contributed by atoms with Gasteiger partial charge in [-0.15, -0.1) is 11.8 Å². The summed E-state index contributed by atoms with van der Waals surface area (Å²) in [4.78, 5) is 28.4. The van der Waals surface area contributed by atoms with Crippen LogP contribution < -0.4 is 0 Å². The average Bonchev–Trinajstić information content (AvgIpc) is 2.68. The molecule has 0 atom stereocenters. The van der Waals surface area contributed by atoms with Crippen molar-refractivity contribution in [3.8, 4) is 0 Å². The lowest BCUT2D eigenvalue weighted by Crippen LogP contribution is -2.52. The maximum atomic E-state index is 12.6. The van der Waals surface area contributed by atoms with Crippen LogP contribution in [0.2, 0.25) is 0 Å². The summed E-state index contributed by atoms with van der Waals surface area (Å²) < 4.78 is 31.3. The van der Waals surface area contributed by atoms with Crippen LogP contribution in [0.15, 0.2) is 34.1 Å². The Morgan fingerprint density at radius 3 is 2.19 bits per heavy atom. The van der Waals surface area contributed by atoms with E-state index in [1.54, 1.807) is 41.0 Å².